The minimum atomic E-state index is -3.82. The normalized spacial score (nSPS) is 15.8. The Kier molecular flexibility index (Phi) is 8.17. The number of thiophene rings is 1. The maximum Gasteiger partial charge on any atom is 0.243 e. The number of hydrogen-bond acceptors (Lipinski definition) is 5. The Morgan fingerprint density at radius 1 is 1.06 bits per heavy atom. The van der Waals surface area contributed by atoms with E-state index in [0.717, 1.165) is 28.9 Å². The summed E-state index contributed by atoms with van der Waals surface area (Å²) in [5.41, 5.74) is 3.22. The number of nitrogens with zero attached hydrogens (tertiary/aromatic N) is 2. The third kappa shape index (κ3) is 5.99. The molecule has 192 valence electrons. The van der Waals surface area contributed by atoms with Crippen LogP contribution in [0.5, 0.6) is 5.75 Å². The van der Waals surface area contributed by atoms with Crippen molar-refractivity contribution < 1.29 is 17.9 Å². The van der Waals surface area contributed by atoms with Crippen molar-refractivity contribution in [3.8, 4) is 5.75 Å². The summed E-state index contributed by atoms with van der Waals surface area (Å²) in [4.78, 5) is 16.9. The molecule has 8 heteroatoms. The van der Waals surface area contributed by atoms with E-state index in [-0.39, 0.29) is 35.9 Å². The van der Waals surface area contributed by atoms with Gasteiger partial charge in [-0.2, -0.15) is 4.31 Å². The molecule has 0 fully saturated rings. The number of carbonyl (C=O) groups is 1. The van der Waals surface area contributed by atoms with Crippen LogP contribution in [0.1, 0.15) is 41.5 Å². The SMILES string of the molecule is Cc1ccc(OC[C@@H]2c3ccsc3CCN2C(=O)CN(CC(C)C)S(=O)(=O)c2ccc(C)cc2)cc1. The van der Waals surface area contributed by atoms with E-state index in [0.29, 0.717) is 13.2 Å². The van der Waals surface area contributed by atoms with Gasteiger partial charge in [-0.15, -0.1) is 11.3 Å². The molecule has 0 N–H and O–H groups in total. The van der Waals surface area contributed by atoms with Gasteiger partial charge in [0.1, 0.15) is 12.4 Å². The van der Waals surface area contributed by atoms with E-state index in [1.54, 1.807) is 40.5 Å². The van der Waals surface area contributed by atoms with Crippen LogP contribution in [0.3, 0.4) is 0 Å². The van der Waals surface area contributed by atoms with Gasteiger partial charge in [-0.05, 0) is 67.5 Å². The Labute approximate surface area is 218 Å². The van der Waals surface area contributed by atoms with Crippen LogP contribution in [0.2, 0.25) is 0 Å². The highest BCUT2D eigenvalue weighted by atomic mass is 32.2. The van der Waals surface area contributed by atoms with Crippen LogP contribution < -0.4 is 4.74 Å². The molecule has 4 rings (SSSR count). The van der Waals surface area contributed by atoms with Crippen molar-refractivity contribution in [2.24, 2.45) is 5.92 Å². The summed E-state index contributed by atoms with van der Waals surface area (Å²) >= 11 is 1.69. The van der Waals surface area contributed by atoms with Crippen molar-refractivity contribution >= 4 is 27.3 Å². The summed E-state index contributed by atoms with van der Waals surface area (Å²) < 4.78 is 34.4. The fourth-order valence-electron chi connectivity index (χ4n) is 4.44. The molecule has 36 heavy (non-hydrogen) atoms. The molecule has 0 saturated carbocycles. The van der Waals surface area contributed by atoms with Gasteiger partial charge in [0.05, 0.1) is 17.5 Å². The molecule has 1 aromatic heterocycles. The van der Waals surface area contributed by atoms with Gasteiger partial charge >= 0.3 is 0 Å². The number of fused-ring (bicyclic) bond motifs is 1. The first-order valence-electron chi connectivity index (χ1n) is 12.3. The number of rotatable bonds is 9. The molecule has 2 heterocycles. The highest BCUT2D eigenvalue weighted by Crippen LogP contribution is 2.34. The number of carbonyl (C=O) groups excluding carboxylic acids is 1. The summed E-state index contributed by atoms with van der Waals surface area (Å²) in [7, 11) is -3.82. The highest BCUT2D eigenvalue weighted by molar-refractivity contribution is 7.89. The third-order valence-electron chi connectivity index (χ3n) is 6.38. The summed E-state index contributed by atoms with van der Waals surface area (Å²) in [6.07, 6.45) is 0.759. The molecule has 3 aromatic rings. The molecule has 6 nitrogen and oxygen atoms in total. The number of amides is 1. The van der Waals surface area contributed by atoms with Crippen LogP contribution in [0.15, 0.2) is 64.9 Å². The second-order valence-corrected chi connectivity index (χ2v) is 12.7. The lowest BCUT2D eigenvalue weighted by atomic mass is 10.0. The van der Waals surface area contributed by atoms with Crippen LogP contribution >= 0.6 is 11.3 Å². The molecule has 1 aliphatic rings. The van der Waals surface area contributed by atoms with Crippen LogP contribution in [0.4, 0.5) is 0 Å². The number of sulfonamides is 1. The minimum absolute atomic E-state index is 0.0727. The molecule has 0 saturated heterocycles. The maximum absolute atomic E-state index is 13.7. The Hall–Kier alpha value is -2.68. The number of benzene rings is 2. The predicted octanol–water partition coefficient (Wildman–Crippen LogP) is 5.22. The third-order valence-corrected chi connectivity index (χ3v) is 9.21. The van der Waals surface area contributed by atoms with E-state index in [9.17, 15) is 13.2 Å². The lowest BCUT2D eigenvalue weighted by Gasteiger charge is -2.37. The van der Waals surface area contributed by atoms with Crippen LogP contribution in [-0.4, -0.2) is 49.8 Å². The summed E-state index contributed by atoms with van der Waals surface area (Å²) in [5, 5.41) is 2.05. The molecule has 0 bridgehead atoms. The maximum atomic E-state index is 13.7. The van der Waals surface area contributed by atoms with Gasteiger partial charge in [-0.25, -0.2) is 8.42 Å². The summed E-state index contributed by atoms with van der Waals surface area (Å²) in [6, 6.07) is 16.4. The number of hydrogen-bond donors (Lipinski definition) is 0. The standard InChI is InChI=1S/C28H34N2O4S2/c1-20(2)17-29(36(32,33)24-11-7-22(4)8-12-24)18-28(31)30-15-13-27-25(14-16-35-27)26(30)19-34-23-9-5-21(3)6-10-23/h5-12,14,16,20,26H,13,15,17-19H2,1-4H3/t26-/m1/s1. The topological polar surface area (TPSA) is 66.9 Å². The summed E-state index contributed by atoms with van der Waals surface area (Å²) in [5.74, 6) is 0.614. The quantitative estimate of drug-likeness (QED) is 0.384. The van der Waals surface area contributed by atoms with E-state index >= 15 is 0 Å². The molecule has 1 aliphatic heterocycles. The number of ether oxygens (including phenoxy) is 1. The molecule has 0 aliphatic carbocycles. The predicted molar refractivity (Wildman–Crippen MR) is 144 cm³/mol. The second-order valence-electron chi connectivity index (χ2n) is 9.78. The van der Waals surface area contributed by atoms with Crippen molar-refractivity contribution in [1.82, 2.24) is 9.21 Å². The van der Waals surface area contributed by atoms with E-state index in [1.807, 2.05) is 57.3 Å². The first-order chi connectivity index (χ1) is 17.1. The molecular weight excluding hydrogens is 492 g/mol. The first-order valence-corrected chi connectivity index (χ1v) is 14.6. The van der Waals surface area contributed by atoms with E-state index in [2.05, 4.69) is 6.07 Å². The Morgan fingerprint density at radius 3 is 2.33 bits per heavy atom. The monoisotopic (exact) mass is 526 g/mol. The molecular formula is C28H34N2O4S2. The van der Waals surface area contributed by atoms with Gasteiger partial charge in [-0.3, -0.25) is 4.79 Å². The van der Waals surface area contributed by atoms with E-state index in [1.165, 1.54) is 9.18 Å². The van der Waals surface area contributed by atoms with Gasteiger partial charge in [0.25, 0.3) is 0 Å². The number of aryl methyl sites for hydroxylation is 2. The molecule has 0 unspecified atom stereocenters. The summed E-state index contributed by atoms with van der Waals surface area (Å²) in [6.45, 7) is 8.77. The van der Waals surface area contributed by atoms with Crippen LogP contribution in [0, 0.1) is 19.8 Å². The van der Waals surface area contributed by atoms with Crippen molar-refractivity contribution in [3.63, 3.8) is 0 Å². The Bertz CT molecular complexity index is 1280. The van der Waals surface area contributed by atoms with Crippen molar-refractivity contribution in [3.05, 3.63) is 81.5 Å². The van der Waals surface area contributed by atoms with E-state index < -0.39 is 10.0 Å². The highest BCUT2D eigenvalue weighted by Gasteiger charge is 2.35. The minimum Gasteiger partial charge on any atom is -0.491 e. The van der Waals surface area contributed by atoms with Crippen LogP contribution in [-0.2, 0) is 21.2 Å². The van der Waals surface area contributed by atoms with Crippen molar-refractivity contribution in [1.29, 1.82) is 0 Å². The van der Waals surface area contributed by atoms with Crippen molar-refractivity contribution in [2.75, 3.05) is 26.2 Å². The Balaban J connectivity index is 1.57. The first kappa shape index (κ1) is 26.4. The van der Waals surface area contributed by atoms with Gasteiger partial charge in [0, 0.05) is 18.0 Å². The van der Waals surface area contributed by atoms with Crippen LogP contribution in [0.25, 0.3) is 0 Å². The zero-order valence-corrected chi connectivity index (χ0v) is 22.9. The van der Waals surface area contributed by atoms with Gasteiger partial charge < -0.3 is 9.64 Å². The van der Waals surface area contributed by atoms with Gasteiger partial charge in [0.2, 0.25) is 15.9 Å². The fourth-order valence-corrected chi connectivity index (χ4v) is 6.92. The zero-order valence-electron chi connectivity index (χ0n) is 21.3. The average Bonchev–Trinajstić information content (AvgIpc) is 3.32. The largest absolute Gasteiger partial charge is 0.491 e. The van der Waals surface area contributed by atoms with Gasteiger partial charge in [0.15, 0.2) is 0 Å². The second kappa shape index (κ2) is 11.2. The Morgan fingerprint density at radius 2 is 1.69 bits per heavy atom. The molecule has 1 amide bonds. The zero-order chi connectivity index (χ0) is 25.9. The smallest absolute Gasteiger partial charge is 0.243 e. The lowest BCUT2D eigenvalue weighted by molar-refractivity contribution is -0.135. The van der Waals surface area contributed by atoms with E-state index in [4.69, 9.17) is 4.74 Å². The lowest BCUT2D eigenvalue weighted by Crippen LogP contribution is -2.48. The molecule has 0 spiro atoms. The molecule has 1 atom stereocenters. The average molecular weight is 527 g/mol. The van der Waals surface area contributed by atoms with Gasteiger partial charge in [-0.1, -0.05) is 49.2 Å². The van der Waals surface area contributed by atoms with Crippen molar-refractivity contribution in [2.45, 2.75) is 45.1 Å². The molecule has 2 aromatic carbocycles. The fraction of sp³-hybridized carbons (Fsp3) is 0.393. The molecule has 0 radical (unpaired) electrons.